The van der Waals surface area contributed by atoms with Crippen molar-refractivity contribution in [3.05, 3.63) is 60.6 Å². The Morgan fingerprint density at radius 1 is 1.21 bits per heavy atom. The van der Waals surface area contributed by atoms with Crippen LogP contribution in [-0.2, 0) is 4.74 Å². The van der Waals surface area contributed by atoms with Crippen LogP contribution >= 0.6 is 0 Å². The van der Waals surface area contributed by atoms with Gasteiger partial charge in [-0.15, -0.1) is 0 Å². The molecule has 5 rings (SSSR count). The summed E-state index contributed by atoms with van der Waals surface area (Å²) in [7, 11) is 0. The number of nitrogens with one attached hydrogen (secondary N) is 2. The lowest BCUT2D eigenvalue weighted by atomic mass is 10.1. The molecule has 9 heteroatoms. The van der Waals surface area contributed by atoms with Gasteiger partial charge in [0.2, 0.25) is 6.36 Å². The lowest BCUT2D eigenvalue weighted by Gasteiger charge is -2.22. The zero-order valence-electron chi connectivity index (χ0n) is 18.1. The first-order valence-corrected chi connectivity index (χ1v) is 10.9. The molecule has 1 aliphatic heterocycles. The van der Waals surface area contributed by atoms with E-state index in [2.05, 4.69) is 20.6 Å². The van der Waals surface area contributed by atoms with Crippen LogP contribution in [0.3, 0.4) is 0 Å². The first-order chi connectivity index (χ1) is 16.1. The predicted molar refractivity (Wildman–Crippen MR) is 122 cm³/mol. The molecule has 1 aliphatic rings. The van der Waals surface area contributed by atoms with Crippen molar-refractivity contribution in [2.24, 2.45) is 0 Å². The number of benzene rings is 2. The molecule has 3 heterocycles. The van der Waals surface area contributed by atoms with Crippen LogP contribution in [0.25, 0.3) is 22.0 Å². The number of nitrogens with zero attached hydrogens (tertiary/aromatic N) is 3. The van der Waals surface area contributed by atoms with E-state index in [1.54, 1.807) is 24.3 Å². The van der Waals surface area contributed by atoms with E-state index in [4.69, 9.17) is 9.47 Å². The van der Waals surface area contributed by atoms with Gasteiger partial charge < -0.3 is 14.8 Å². The third kappa shape index (κ3) is 4.58. The fourth-order valence-corrected chi connectivity index (χ4v) is 4.00. The highest BCUT2D eigenvalue weighted by molar-refractivity contribution is 6.11. The number of fused-ring (bicyclic) bond motifs is 1. The second-order valence-electron chi connectivity index (χ2n) is 8.02. The van der Waals surface area contributed by atoms with Crippen LogP contribution in [0.2, 0.25) is 0 Å². The predicted octanol–water partition coefficient (Wildman–Crippen LogP) is 4.72. The number of rotatable bonds is 6. The van der Waals surface area contributed by atoms with E-state index in [9.17, 15) is 9.18 Å². The van der Waals surface area contributed by atoms with E-state index in [1.807, 2.05) is 35.3 Å². The molecule has 0 radical (unpaired) electrons. The molecule has 2 aromatic carbocycles. The Bertz CT molecular complexity index is 1260. The van der Waals surface area contributed by atoms with E-state index < -0.39 is 6.36 Å². The van der Waals surface area contributed by atoms with Crippen LogP contribution < -0.4 is 10.1 Å². The fraction of sp³-hybridized carbons (Fsp3) is 0.292. The largest absolute Gasteiger partial charge is 0.461 e. The van der Waals surface area contributed by atoms with Crippen molar-refractivity contribution in [3.8, 4) is 16.9 Å². The molecule has 0 bridgehead atoms. The van der Waals surface area contributed by atoms with Gasteiger partial charge in [-0.05, 0) is 54.8 Å². The number of ether oxygens (including phenoxy) is 2. The average molecular weight is 449 g/mol. The van der Waals surface area contributed by atoms with Crippen LogP contribution in [0.1, 0.15) is 36.3 Å². The molecule has 2 N–H and O–H groups in total. The highest BCUT2D eigenvalue weighted by atomic mass is 19.1. The van der Waals surface area contributed by atoms with Crippen molar-refractivity contribution in [1.82, 2.24) is 20.0 Å². The minimum absolute atomic E-state index is 0.293. The number of H-pyrrole nitrogens is 1. The molecule has 33 heavy (non-hydrogen) atoms. The molecule has 8 nitrogen and oxygen atoms in total. The van der Waals surface area contributed by atoms with Gasteiger partial charge in [-0.1, -0.05) is 6.07 Å². The van der Waals surface area contributed by atoms with Crippen molar-refractivity contribution in [2.75, 3.05) is 18.5 Å². The number of carbonyl (C=O) groups excluding carboxylic acids is 1. The number of halogens is 1. The zero-order chi connectivity index (χ0) is 22.8. The van der Waals surface area contributed by atoms with Crippen LogP contribution in [0.15, 0.2) is 54.9 Å². The van der Waals surface area contributed by atoms with Crippen LogP contribution in [0.5, 0.6) is 5.75 Å². The van der Waals surface area contributed by atoms with Crippen molar-refractivity contribution in [3.63, 3.8) is 0 Å². The number of aromatic nitrogens is 4. The maximum Gasteiger partial charge on any atom is 0.276 e. The summed E-state index contributed by atoms with van der Waals surface area (Å²) < 4.78 is 25.4. The van der Waals surface area contributed by atoms with Gasteiger partial charge >= 0.3 is 0 Å². The van der Waals surface area contributed by atoms with Crippen molar-refractivity contribution in [2.45, 2.75) is 32.2 Å². The zero-order valence-corrected chi connectivity index (χ0v) is 18.1. The molecule has 0 spiro atoms. The molecule has 4 aromatic rings. The van der Waals surface area contributed by atoms with Crippen LogP contribution in [-0.4, -0.2) is 45.5 Å². The fourth-order valence-electron chi connectivity index (χ4n) is 4.00. The van der Waals surface area contributed by atoms with Gasteiger partial charge in [0.05, 0.1) is 17.8 Å². The summed E-state index contributed by atoms with van der Waals surface area (Å²) >= 11 is 0. The van der Waals surface area contributed by atoms with E-state index in [-0.39, 0.29) is 5.91 Å². The Morgan fingerprint density at radius 3 is 2.76 bits per heavy atom. The Balaban J connectivity index is 1.36. The van der Waals surface area contributed by atoms with E-state index >= 15 is 0 Å². The van der Waals surface area contributed by atoms with E-state index in [1.165, 1.54) is 6.92 Å². The topological polar surface area (TPSA) is 94.1 Å². The van der Waals surface area contributed by atoms with Crippen LogP contribution in [0.4, 0.5) is 10.1 Å². The summed E-state index contributed by atoms with van der Waals surface area (Å²) in [5, 5.41) is 15.2. The second kappa shape index (κ2) is 9.03. The van der Waals surface area contributed by atoms with E-state index in [0.29, 0.717) is 23.2 Å². The molecule has 0 aliphatic carbocycles. The van der Waals surface area contributed by atoms with Gasteiger partial charge in [-0.2, -0.15) is 10.2 Å². The molecular weight excluding hydrogens is 425 g/mol. The van der Waals surface area contributed by atoms with Crippen LogP contribution in [0, 0.1) is 0 Å². The van der Waals surface area contributed by atoms with Gasteiger partial charge in [-0.3, -0.25) is 14.6 Å². The van der Waals surface area contributed by atoms with Crippen molar-refractivity contribution < 1.29 is 18.7 Å². The van der Waals surface area contributed by atoms with Crippen molar-refractivity contribution >= 4 is 22.5 Å². The molecule has 0 saturated carbocycles. The number of hydrogen-bond acceptors (Lipinski definition) is 5. The van der Waals surface area contributed by atoms with Gasteiger partial charge in [0.25, 0.3) is 5.91 Å². The molecule has 1 amide bonds. The molecule has 1 unspecified atom stereocenters. The normalized spacial score (nSPS) is 15.5. The van der Waals surface area contributed by atoms with E-state index in [0.717, 1.165) is 48.1 Å². The van der Waals surface area contributed by atoms with Gasteiger partial charge in [0.1, 0.15) is 5.75 Å². The lowest BCUT2D eigenvalue weighted by Crippen LogP contribution is -2.19. The third-order valence-electron chi connectivity index (χ3n) is 5.69. The highest BCUT2D eigenvalue weighted by Crippen LogP contribution is 2.28. The molecule has 1 atom stereocenters. The number of hydrogen-bond donors (Lipinski definition) is 2. The number of anilines is 1. The first kappa shape index (κ1) is 21.1. The van der Waals surface area contributed by atoms with Gasteiger partial charge in [0.15, 0.2) is 5.69 Å². The molecule has 170 valence electrons. The Hall–Kier alpha value is -3.72. The SMILES string of the molecule is CC(F)Oc1ccc(NC(=O)c2n[nH]c3ccc(-c4cnn(C5CCOCC5)c4)cc23)cc1. The number of amides is 1. The minimum Gasteiger partial charge on any atom is -0.461 e. The Morgan fingerprint density at radius 2 is 2.00 bits per heavy atom. The summed E-state index contributed by atoms with van der Waals surface area (Å²) in [6.07, 6.45) is 4.38. The lowest BCUT2D eigenvalue weighted by molar-refractivity contribution is 0.0662. The summed E-state index contributed by atoms with van der Waals surface area (Å²) in [6.45, 7) is 2.82. The van der Waals surface area contributed by atoms with Crippen molar-refractivity contribution in [1.29, 1.82) is 0 Å². The number of aromatic amines is 1. The summed E-state index contributed by atoms with van der Waals surface area (Å²) in [6, 6.07) is 12.7. The maximum atomic E-state index is 13.0. The molecular formula is C24H24FN5O3. The Kier molecular flexibility index (Phi) is 5.78. The quantitative estimate of drug-likeness (QED) is 0.444. The number of carbonyl (C=O) groups is 1. The molecule has 1 saturated heterocycles. The smallest absolute Gasteiger partial charge is 0.276 e. The van der Waals surface area contributed by atoms with Gasteiger partial charge in [-0.25, -0.2) is 4.39 Å². The standard InChI is InChI=1S/C24H24FN5O3/c1-15(25)33-20-5-3-18(4-6-20)27-24(31)23-21-12-16(2-7-22(21)28-29-23)17-13-26-30(14-17)19-8-10-32-11-9-19/h2-7,12-15,19H,8-11H2,1H3,(H,27,31)(H,28,29). The summed E-state index contributed by atoms with van der Waals surface area (Å²) in [4.78, 5) is 12.9. The van der Waals surface area contributed by atoms with Gasteiger partial charge in [0, 0.05) is 43.0 Å². The number of alkyl halides is 1. The Labute approximate surface area is 189 Å². The molecule has 2 aromatic heterocycles. The average Bonchev–Trinajstić information content (AvgIpc) is 3.48. The highest BCUT2D eigenvalue weighted by Gasteiger charge is 2.18. The molecule has 1 fully saturated rings. The second-order valence-corrected chi connectivity index (χ2v) is 8.02. The third-order valence-corrected chi connectivity index (χ3v) is 5.69. The summed E-state index contributed by atoms with van der Waals surface area (Å²) in [5.41, 5.74) is 3.55. The maximum absolute atomic E-state index is 13.0. The first-order valence-electron chi connectivity index (χ1n) is 10.9. The monoisotopic (exact) mass is 449 g/mol. The minimum atomic E-state index is -1.40. The summed E-state index contributed by atoms with van der Waals surface area (Å²) in [5.74, 6) is 0.0444.